The Hall–Kier alpha value is -2.21. The summed E-state index contributed by atoms with van der Waals surface area (Å²) in [6, 6.07) is 8.07. The topological polar surface area (TPSA) is 62.5 Å². The van der Waals surface area contributed by atoms with Gasteiger partial charge in [0.05, 0.1) is 6.54 Å². The summed E-state index contributed by atoms with van der Waals surface area (Å²) in [6.07, 6.45) is 1.77. The van der Waals surface area contributed by atoms with E-state index in [2.05, 4.69) is 15.0 Å². The second-order valence-electron chi connectivity index (χ2n) is 6.66. The van der Waals surface area contributed by atoms with Crippen molar-refractivity contribution >= 4 is 5.91 Å². The van der Waals surface area contributed by atoms with Gasteiger partial charge in [0.15, 0.2) is 0 Å². The maximum atomic E-state index is 12.0. The molecular formula is C18H24N4O2. The Bertz CT molecular complexity index is 703. The second-order valence-corrected chi connectivity index (χ2v) is 6.66. The fourth-order valence-electron chi connectivity index (χ4n) is 3.11. The first-order valence-electron chi connectivity index (χ1n) is 8.36. The lowest BCUT2D eigenvalue weighted by Gasteiger charge is -2.31. The fraction of sp³-hybridized carbons (Fsp3) is 0.500. The summed E-state index contributed by atoms with van der Waals surface area (Å²) in [5, 5.41) is 4.09. The number of nitrogens with zero attached hydrogens (tertiary/aromatic N) is 4. The summed E-state index contributed by atoms with van der Waals surface area (Å²) in [5.74, 6) is 1.63. The van der Waals surface area contributed by atoms with Crippen LogP contribution in [0.3, 0.4) is 0 Å². The molecule has 3 rings (SSSR count). The third kappa shape index (κ3) is 3.82. The largest absolute Gasteiger partial charge is 0.349 e. The predicted octanol–water partition coefficient (Wildman–Crippen LogP) is 2.35. The van der Waals surface area contributed by atoms with Crippen LogP contribution in [0.4, 0.5) is 0 Å². The van der Waals surface area contributed by atoms with Crippen molar-refractivity contribution in [3.05, 3.63) is 35.7 Å². The number of amides is 1. The standard InChI is InChI=1S/C18H24N4O2/c1-13-5-4-6-15(11-13)17-19-16(24-20-17)12-22-9-7-14(8-10-22)18(23)21(2)3/h4-6,11,14H,7-10,12H2,1-3H3. The molecule has 6 nitrogen and oxygen atoms in total. The molecule has 0 N–H and O–H groups in total. The van der Waals surface area contributed by atoms with E-state index in [0.29, 0.717) is 18.3 Å². The number of aryl methyl sites for hydroxylation is 1. The molecule has 6 heteroatoms. The molecule has 0 radical (unpaired) electrons. The van der Waals surface area contributed by atoms with E-state index < -0.39 is 0 Å². The van der Waals surface area contributed by atoms with Crippen LogP contribution in [0.2, 0.25) is 0 Å². The van der Waals surface area contributed by atoms with Gasteiger partial charge in [0.1, 0.15) is 0 Å². The summed E-state index contributed by atoms with van der Waals surface area (Å²) in [5.41, 5.74) is 2.15. The molecule has 1 aromatic carbocycles. The van der Waals surface area contributed by atoms with E-state index in [9.17, 15) is 4.79 Å². The molecule has 0 bridgehead atoms. The highest BCUT2D eigenvalue weighted by Crippen LogP contribution is 2.21. The monoisotopic (exact) mass is 328 g/mol. The normalized spacial score (nSPS) is 16.3. The molecule has 0 unspecified atom stereocenters. The van der Waals surface area contributed by atoms with Crippen LogP contribution in [0.5, 0.6) is 0 Å². The minimum atomic E-state index is 0.141. The molecule has 128 valence electrons. The van der Waals surface area contributed by atoms with Gasteiger partial charge in [-0.15, -0.1) is 0 Å². The van der Waals surface area contributed by atoms with Crippen LogP contribution < -0.4 is 0 Å². The van der Waals surface area contributed by atoms with Crippen LogP contribution in [0.1, 0.15) is 24.3 Å². The molecule has 1 amide bonds. The van der Waals surface area contributed by atoms with Crippen molar-refractivity contribution in [1.82, 2.24) is 19.9 Å². The van der Waals surface area contributed by atoms with Crippen LogP contribution in [-0.2, 0) is 11.3 Å². The van der Waals surface area contributed by atoms with Crippen molar-refractivity contribution in [2.24, 2.45) is 5.92 Å². The van der Waals surface area contributed by atoms with Gasteiger partial charge in [-0.25, -0.2) is 0 Å². The van der Waals surface area contributed by atoms with Crippen LogP contribution in [-0.4, -0.2) is 53.0 Å². The van der Waals surface area contributed by atoms with E-state index in [4.69, 9.17) is 4.52 Å². The maximum Gasteiger partial charge on any atom is 0.241 e. The zero-order valence-electron chi connectivity index (χ0n) is 14.5. The van der Waals surface area contributed by atoms with Gasteiger partial charge in [-0.2, -0.15) is 4.98 Å². The number of piperidine rings is 1. The minimum absolute atomic E-state index is 0.141. The molecule has 1 saturated heterocycles. The molecule has 1 aromatic heterocycles. The third-order valence-corrected chi connectivity index (χ3v) is 4.48. The molecule has 2 heterocycles. The zero-order valence-corrected chi connectivity index (χ0v) is 14.5. The molecule has 1 aliphatic rings. The van der Waals surface area contributed by atoms with Crippen molar-refractivity contribution in [2.75, 3.05) is 27.2 Å². The number of hydrogen-bond donors (Lipinski definition) is 0. The van der Waals surface area contributed by atoms with Crippen LogP contribution >= 0.6 is 0 Å². The van der Waals surface area contributed by atoms with E-state index in [1.54, 1.807) is 4.90 Å². The van der Waals surface area contributed by atoms with Crippen LogP contribution in [0.25, 0.3) is 11.4 Å². The minimum Gasteiger partial charge on any atom is -0.349 e. The Balaban J connectivity index is 1.57. The first-order chi connectivity index (χ1) is 11.5. The Morgan fingerprint density at radius 1 is 1.33 bits per heavy atom. The molecule has 0 saturated carbocycles. The number of aromatic nitrogens is 2. The number of carbonyl (C=O) groups is 1. The molecule has 2 aromatic rings. The Morgan fingerprint density at radius 3 is 2.75 bits per heavy atom. The van der Waals surface area contributed by atoms with Gasteiger partial charge in [-0.05, 0) is 38.9 Å². The second kappa shape index (κ2) is 7.13. The lowest BCUT2D eigenvalue weighted by atomic mass is 9.95. The van der Waals surface area contributed by atoms with Crippen LogP contribution in [0.15, 0.2) is 28.8 Å². The predicted molar refractivity (Wildman–Crippen MR) is 91.2 cm³/mol. The van der Waals surface area contributed by atoms with Crippen molar-refractivity contribution in [1.29, 1.82) is 0 Å². The van der Waals surface area contributed by atoms with Gasteiger partial charge in [0, 0.05) is 25.6 Å². The highest BCUT2D eigenvalue weighted by atomic mass is 16.5. The van der Waals surface area contributed by atoms with Gasteiger partial charge in [0.2, 0.25) is 17.6 Å². The van der Waals surface area contributed by atoms with Crippen molar-refractivity contribution in [3.8, 4) is 11.4 Å². The number of likely N-dealkylation sites (tertiary alicyclic amines) is 1. The van der Waals surface area contributed by atoms with Crippen molar-refractivity contribution < 1.29 is 9.32 Å². The number of rotatable bonds is 4. The highest BCUT2D eigenvalue weighted by molar-refractivity contribution is 5.78. The Kier molecular flexibility index (Phi) is 4.94. The average molecular weight is 328 g/mol. The number of carbonyl (C=O) groups excluding carboxylic acids is 1. The van der Waals surface area contributed by atoms with Crippen molar-refractivity contribution in [3.63, 3.8) is 0 Å². The molecule has 0 aliphatic carbocycles. The first kappa shape index (κ1) is 16.6. The third-order valence-electron chi connectivity index (χ3n) is 4.48. The molecule has 1 aliphatic heterocycles. The molecule has 0 spiro atoms. The zero-order chi connectivity index (χ0) is 17.1. The summed E-state index contributed by atoms with van der Waals surface area (Å²) in [6.45, 7) is 4.45. The summed E-state index contributed by atoms with van der Waals surface area (Å²) < 4.78 is 5.40. The highest BCUT2D eigenvalue weighted by Gasteiger charge is 2.26. The van der Waals surface area contributed by atoms with Gasteiger partial charge < -0.3 is 9.42 Å². The average Bonchev–Trinajstić information content (AvgIpc) is 3.03. The van der Waals surface area contributed by atoms with E-state index in [-0.39, 0.29) is 11.8 Å². The lowest BCUT2D eigenvalue weighted by Crippen LogP contribution is -2.39. The van der Waals surface area contributed by atoms with Gasteiger partial charge >= 0.3 is 0 Å². The molecular weight excluding hydrogens is 304 g/mol. The van der Waals surface area contributed by atoms with E-state index in [0.717, 1.165) is 31.5 Å². The quantitative estimate of drug-likeness (QED) is 0.862. The summed E-state index contributed by atoms with van der Waals surface area (Å²) in [7, 11) is 3.64. The van der Waals surface area contributed by atoms with Gasteiger partial charge in [-0.1, -0.05) is 28.9 Å². The van der Waals surface area contributed by atoms with Gasteiger partial charge in [-0.3, -0.25) is 9.69 Å². The number of hydrogen-bond acceptors (Lipinski definition) is 5. The van der Waals surface area contributed by atoms with E-state index in [1.165, 1.54) is 5.56 Å². The van der Waals surface area contributed by atoms with E-state index in [1.807, 2.05) is 45.3 Å². The first-order valence-corrected chi connectivity index (χ1v) is 8.36. The smallest absolute Gasteiger partial charge is 0.241 e. The SMILES string of the molecule is Cc1cccc(-c2noc(CN3CCC(C(=O)N(C)C)CC3)n2)c1. The number of benzene rings is 1. The molecule has 24 heavy (non-hydrogen) atoms. The fourth-order valence-corrected chi connectivity index (χ4v) is 3.11. The van der Waals surface area contributed by atoms with E-state index >= 15 is 0 Å². The summed E-state index contributed by atoms with van der Waals surface area (Å²) in [4.78, 5) is 20.5. The Labute approximate surface area is 142 Å². The summed E-state index contributed by atoms with van der Waals surface area (Å²) >= 11 is 0. The Morgan fingerprint density at radius 2 is 2.08 bits per heavy atom. The van der Waals surface area contributed by atoms with Crippen LogP contribution in [0, 0.1) is 12.8 Å². The maximum absolute atomic E-state index is 12.0. The van der Waals surface area contributed by atoms with Crippen molar-refractivity contribution in [2.45, 2.75) is 26.3 Å². The lowest BCUT2D eigenvalue weighted by molar-refractivity contribution is -0.134. The van der Waals surface area contributed by atoms with Gasteiger partial charge in [0.25, 0.3) is 0 Å². The molecule has 0 atom stereocenters. The molecule has 1 fully saturated rings.